The molecule has 0 aliphatic carbocycles. The van der Waals surface area contributed by atoms with E-state index in [0.29, 0.717) is 12.0 Å². The highest BCUT2D eigenvalue weighted by Crippen LogP contribution is 2.29. The van der Waals surface area contributed by atoms with E-state index in [9.17, 15) is 0 Å². The number of hydrogen-bond donors (Lipinski definition) is 2. The van der Waals surface area contributed by atoms with E-state index < -0.39 is 0 Å². The summed E-state index contributed by atoms with van der Waals surface area (Å²) in [5.74, 6) is 8.88. The number of rotatable bonds is 5. The number of halogens is 1. The number of thioether (sulfide) groups is 1. The highest BCUT2D eigenvalue weighted by Gasteiger charge is 2.27. The van der Waals surface area contributed by atoms with Crippen molar-refractivity contribution in [2.24, 2.45) is 18.8 Å². The molecule has 0 bridgehead atoms. The van der Waals surface area contributed by atoms with Crippen LogP contribution >= 0.6 is 27.7 Å². The number of nitrogens with two attached hydrogens (primary N) is 1. The molecule has 1 aromatic heterocycles. The lowest BCUT2D eigenvalue weighted by molar-refractivity contribution is 0.379. The zero-order chi connectivity index (χ0) is 13.1. The number of hydrogen-bond acceptors (Lipinski definition) is 4. The fourth-order valence-corrected chi connectivity index (χ4v) is 4.60. The summed E-state index contributed by atoms with van der Waals surface area (Å²) in [5.41, 5.74) is 5.37. The summed E-state index contributed by atoms with van der Waals surface area (Å²) in [7, 11) is 2.01. The Hall–Kier alpha value is -0.0400. The van der Waals surface area contributed by atoms with E-state index in [4.69, 9.17) is 5.84 Å². The van der Waals surface area contributed by atoms with E-state index >= 15 is 0 Å². The monoisotopic (exact) mass is 332 g/mol. The fourth-order valence-electron chi connectivity index (χ4n) is 2.48. The van der Waals surface area contributed by atoms with Gasteiger partial charge in [-0.2, -0.15) is 16.9 Å². The van der Waals surface area contributed by atoms with Crippen LogP contribution in [0.3, 0.4) is 0 Å². The topological polar surface area (TPSA) is 55.9 Å². The number of aryl methyl sites for hydroxylation is 2. The highest BCUT2D eigenvalue weighted by atomic mass is 79.9. The van der Waals surface area contributed by atoms with Gasteiger partial charge in [0.15, 0.2) is 0 Å². The minimum atomic E-state index is 0.344. The highest BCUT2D eigenvalue weighted by molar-refractivity contribution is 9.10. The van der Waals surface area contributed by atoms with Gasteiger partial charge in [0.25, 0.3) is 0 Å². The Bertz CT molecular complexity index is 401. The summed E-state index contributed by atoms with van der Waals surface area (Å²) in [6, 6.07) is 0.344. The van der Waals surface area contributed by atoms with Gasteiger partial charge in [-0.05, 0) is 46.2 Å². The molecule has 1 aliphatic rings. The van der Waals surface area contributed by atoms with E-state index in [2.05, 4.69) is 33.4 Å². The maximum atomic E-state index is 5.74. The molecule has 0 radical (unpaired) electrons. The Morgan fingerprint density at radius 2 is 2.44 bits per heavy atom. The lowest BCUT2D eigenvalue weighted by Gasteiger charge is -2.22. The van der Waals surface area contributed by atoms with Crippen LogP contribution in [0.25, 0.3) is 0 Å². The number of aromatic nitrogens is 2. The second kappa shape index (κ2) is 6.41. The molecular weight excluding hydrogens is 312 g/mol. The van der Waals surface area contributed by atoms with Crippen molar-refractivity contribution >= 4 is 27.7 Å². The van der Waals surface area contributed by atoms with Crippen molar-refractivity contribution < 1.29 is 0 Å². The SMILES string of the molecule is CCc1nn(C)c(CC(NN)C2CCSC2)c1Br. The average Bonchev–Trinajstić information content (AvgIpc) is 2.97. The van der Waals surface area contributed by atoms with E-state index in [1.165, 1.54) is 23.6 Å². The predicted octanol–water partition coefficient (Wildman–Crippen LogP) is 1.87. The van der Waals surface area contributed by atoms with Gasteiger partial charge in [-0.1, -0.05) is 6.92 Å². The molecule has 102 valence electrons. The van der Waals surface area contributed by atoms with Gasteiger partial charge < -0.3 is 0 Å². The predicted molar refractivity (Wildman–Crippen MR) is 80.5 cm³/mol. The minimum absolute atomic E-state index is 0.344. The van der Waals surface area contributed by atoms with Crippen molar-refractivity contribution in [3.05, 3.63) is 15.9 Å². The molecule has 0 spiro atoms. The van der Waals surface area contributed by atoms with Crippen LogP contribution in [0.4, 0.5) is 0 Å². The van der Waals surface area contributed by atoms with Crippen molar-refractivity contribution in [3.8, 4) is 0 Å². The first-order valence-corrected chi connectivity index (χ1v) is 8.36. The van der Waals surface area contributed by atoms with Crippen LogP contribution in [0, 0.1) is 5.92 Å². The van der Waals surface area contributed by atoms with Gasteiger partial charge in [-0.15, -0.1) is 0 Å². The summed E-state index contributed by atoms with van der Waals surface area (Å²) in [6.45, 7) is 2.13. The minimum Gasteiger partial charge on any atom is -0.271 e. The molecule has 1 saturated heterocycles. The Morgan fingerprint density at radius 3 is 2.94 bits per heavy atom. The van der Waals surface area contributed by atoms with Crippen molar-refractivity contribution in [1.29, 1.82) is 0 Å². The summed E-state index contributed by atoms with van der Waals surface area (Å²) in [5, 5.41) is 4.54. The maximum absolute atomic E-state index is 5.74. The maximum Gasteiger partial charge on any atom is 0.0766 e. The van der Waals surface area contributed by atoms with Crippen molar-refractivity contribution in [2.45, 2.75) is 32.2 Å². The van der Waals surface area contributed by atoms with Gasteiger partial charge in [0.1, 0.15) is 0 Å². The largest absolute Gasteiger partial charge is 0.271 e. The smallest absolute Gasteiger partial charge is 0.0766 e. The normalized spacial score (nSPS) is 21.4. The average molecular weight is 333 g/mol. The Balaban J connectivity index is 2.13. The fraction of sp³-hybridized carbons (Fsp3) is 0.750. The van der Waals surface area contributed by atoms with Crippen molar-refractivity contribution in [2.75, 3.05) is 11.5 Å². The van der Waals surface area contributed by atoms with Crippen LogP contribution in [-0.2, 0) is 19.9 Å². The standard InChI is InChI=1S/C12H21BrN4S/c1-3-9-12(13)11(17(2)16-9)6-10(15-14)8-4-5-18-7-8/h8,10,15H,3-7,14H2,1-2H3. The Morgan fingerprint density at radius 1 is 1.67 bits per heavy atom. The third-order valence-corrected chi connectivity index (χ3v) is 5.77. The first-order chi connectivity index (χ1) is 8.67. The second-order valence-electron chi connectivity index (χ2n) is 4.79. The van der Waals surface area contributed by atoms with E-state index in [1.807, 2.05) is 23.5 Å². The van der Waals surface area contributed by atoms with Gasteiger partial charge in [-0.3, -0.25) is 16.0 Å². The van der Waals surface area contributed by atoms with E-state index in [0.717, 1.165) is 23.0 Å². The van der Waals surface area contributed by atoms with E-state index in [1.54, 1.807) is 0 Å². The molecule has 1 fully saturated rings. The zero-order valence-corrected chi connectivity index (χ0v) is 13.4. The van der Waals surface area contributed by atoms with Crippen LogP contribution in [0.1, 0.15) is 24.7 Å². The van der Waals surface area contributed by atoms with Crippen molar-refractivity contribution in [3.63, 3.8) is 0 Å². The first-order valence-electron chi connectivity index (χ1n) is 6.41. The molecule has 0 saturated carbocycles. The van der Waals surface area contributed by atoms with Gasteiger partial charge in [0, 0.05) is 19.5 Å². The molecule has 1 aliphatic heterocycles. The molecule has 2 rings (SSSR count). The van der Waals surface area contributed by atoms with Crippen molar-refractivity contribution in [1.82, 2.24) is 15.2 Å². The zero-order valence-electron chi connectivity index (χ0n) is 10.9. The molecular formula is C12H21BrN4S. The summed E-state index contributed by atoms with van der Waals surface area (Å²) < 4.78 is 3.13. The van der Waals surface area contributed by atoms with Crippen LogP contribution in [0.2, 0.25) is 0 Å². The molecule has 3 N–H and O–H groups in total. The molecule has 18 heavy (non-hydrogen) atoms. The van der Waals surface area contributed by atoms with Crippen LogP contribution < -0.4 is 11.3 Å². The van der Waals surface area contributed by atoms with E-state index in [-0.39, 0.29) is 0 Å². The Labute approximate surface area is 121 Å². The number of hydrazine groups is 1. The quantitative estimate of drug-likeness (QED) is 0.638. The molecule has 2 unspecified atom stereocenters. The molecule has 2 atom stereocenters. The summed E-state index contributed by atoms with van der Waals surface area (Å²) in [4.78, 5) is 0. The first kappa shape index (κ1) is 14.4. The lowest BCUT2D eigenvalue weighted by Crippen LogP contribution is -2.43. The molecule has 4 nitrogen and oxygen atoms in total. The Kier molecular flexibility index (Phi) is 5.12. The third-order valence-electron chi connectivity index (χ3n) is 3.66. The second-order valence-corrected chi connectivity index (χ2v) is 6.73. The van der Waals surface area contributed by atoms with Crippen LogP contribution in [0.5, 0.6) is 0 Å². The van der Waals surface area contributed by atoms with Gasteiger partial charge in [-0.25, -0.2) is 0 Å². The number of nitrogens with zero attached hydrogens (tertiary/aromatic N) is 2. The molecule has 0 aromatic carbocycles. The molecule has 2 heterocycles. The molecule has 0 amide bonds. The third kappa shape index (κ3) is 2.92. The lowest BCUT2D eigenvalue weighted by atomic mass is 9.95. The summed E-state index contributed by atoms with van der Waals surface area (Å²) >= 11 is 5.70. The van der Waals surface area contributed by atoms with Gasteiger partial charge in [0.05, 0.1) is 15.9 Å². The van der Waals surface area contributed by atoms with Gasteiger partial charge >= 0.3 is 0 Å². The molecule has 6 heteroatoms. The molecule has 1 aromatic rings. The summed E-state index contributed by atoms with van der Waals surface area (Å²) in [6.07, 6.45) is 3.15. The van der Waals surface area contributed by atoms with Gasteiger partial charge in [0.2, 0.25) is 0 Å². The number of nitrogens with one attached hydrogen (secondary N) is 1. The van der Waals surface area contributed by atoms with Crippen LogP contribution in [0.15, 0.2) is 4.47 Å². The van der Waals surface area contributed by atoms with Crippen LogP contribution in [-0.4, -0.2) is 27.3 Å².